The molecule has 69 valence electrons. The number of benzene rings is 1. The van der Waals surface area contributed by atoms with E-state index in [0.717, 1.165) is 5.56 Å². The third-order valence-corrected chi connectivity index (χ3v) is 1.92. The lowest BCUT2D eigenvalue weighted by Crippen LogP contribution is -1.93. The first kappa shape index (κ1) is 9.78. The second-order valence-corrected chi connectivity index (χ2v) is 3.27. The van der Waals surface area contributed by atoms with Crippen molar-refractivity contribution in [3.05, 3.63) is 35.4 Å². The fourth-order valence-corrected chi connectivity index (χ4v) is 1.15. The Morgan fingerprint density at radius 1 is 1.46 bits per heavy atom. The number of ether oxygens (including phenoxy) is 1. The minimum absolute atomic E-state index is 0.310. The number of hydrogen-bond acceptors (Lipinski definition) is 2. The summed E-state index contributed by atoms with van der Waals surface area (Å²) in [6, 6.07) is 8.02. The normalized spacial score (nSPS) is 10.1. The molecule has 13 heavy (non-hydrogen) atoms. The monoisotopic (exact) mass is 177 g/mol. The Morgan fingerprint density at radius 2 is 2.23 bits per heavy atom. The number of rotatable bonds is 4. The molecule has 0 fully saturated rings. The summed E-state index contributed by atoms with van der Waals surface area (Å²) in [5.74, 6) is 0.500. The lowest BCUT2D eigenvalue weighted by atomic mass is 10.0. The summed E-state index contributed by atoms with van der Waals surface area (Å²) in [4.78, 5) is 9.85. The fraction of sp³-hybridized carbons (Fsp3) is 0.364. The van der Waals surface area contributed by atoms with Gasteiger partial charge in [0, 0.05) is 0 Å². The highest BCUT2D eigenvalue weighted by Crippen LogP contribution is 2.15. The van der Waals surface area contributed by atoms with Gasteiger partial charge in [0.1, 0.15) is 6.61 Å². The van der Waals surface area contributed by atoms with Crippen molar-refractivity contribution in [1.29, 1.82) is 0 Å². The predicted molar refractivity (Wildman–Crippen MR) is 51.0 cm³/mol. The topological polar surface area (TPSA) is 26.3 Å². The molecule has 1 rings (SSSR count). The highest BCUT2D eigenvalue weighted by molar-refractivity contribution is 5.38. The van der Waals surface area contributed by atoms with Crippen molar-refractivity contribution in [2.75, 3.05) is 0 Å². The van der Waals surface area contributed by atoms with Crippen LogP contribution in [0.25, 0.3) is 0 Å². The van der Waals surface area contributed by atoms with Crippen LogP contribution in [0, 0.1) is 0 Å². The van der Waals surface area contributed by atoms with Crippen LogP contribution in [0.3, 0.4) is 0 Å². The van der Waals surface area contributed by atoms with E-state index in [1.165, 1.54) is 12.0 Å². The van der Waals surface area contributed by atoms with Crippen LogP contribution in [0.15, 0.2) is 24.3 Å². The SMILES string of the molecule is CC(C)c1cccc(CO[C]=O)c1. The van der Waals surface area contributed by atoms with Crippen molar-refractivity contribution in [1.82, 2.24) is 0 Å². The highest BCUT2D eigenvalue weighted by Gasteiger charge is 1.99. The minimum Gasteiger partial charge on any atom is -0.452 e. The van der Waals surface area contributed by atoms with E-state index in [1.807, 2.05) is 18.2 Å². The maximum atomic E-state index is 9.85. The van der Waals surface area contributed by atoms with E-state index >= 15 is 0 Å². The summed E-state index contributed by atoms with van der Waals surface area (Å²) in [6.07, 6.45) is 0. The van der Waals surface area contributed by atoms with Crippen LogP contribution >= 0.6 is 0 Å². The Hall–Kier alpha value is -1.31. The predicted octanol–water partition coefficient (Wildman–Crippen LogP) is 2.39. The summed E-state index contributed by atoms with van der Waals surface area (Å²) < 4.78 is 4.55. The van der Waals surface area contributed by atoms with E-state index in [4.69, 9.17) is 0 Å². The van der Waals surface area contributed by atoms with Gasteiger partial charge in [-0.25, -0.2) is 4.79 Å². The maximum Gasteiger partial charge on any atom is 0.417 e. The quantitative estimate of drug-likeness (QED) is 0.705. The lowest BCUT2D eigenvalue weighted by Gasteiger charge is -2.06. The highest BCUT2D eigenvalue weighted by atomic mass is 16.5. The summed E-state index contributed by atoms with van der Waals surface area (Å²) in [5.41, 5.74) is 2.27. The molecule has 0 aliphatic carbocycles. The molecule has 1 aromatic rings. The average molecular weight is 177 g/mol. The van der Waals surface area contributed by atoms with Gasteiger partial charge in [-0.15, -0.1) is 0 Å². The molecule has 0 bridgehead atoms. The summed E-state index contributed by atoms with van der Waals surface area (Å²) >= 11 is 0. The van der Waals surface area contributed by atoms with Gasteiger partial charge in [-0.2, -0.15) is 0 Å². The molecular weight excluding hydrogens is 164 g/mol. The zero-order valence-electron chi connectivity index (χ0n) is 7.91. The van der Waals surface area contributed by atoms with Crippen molar-refractivity contribution in [2.45, 2.75) is 26.4 Å². The van der Waals surface area contributed by atoms with Gasteiger partial charge in [-0.05, 0) is 17.0 Å². The molecule has 0 saturated heterocycles. The molecule has 0 saturated carbocycles. The van der Waals surface area contributed by atoms with Crippen LogP contribution in [-0.4, -0.2) is 6.47 Å². The van der Waals surface area contributed by atoms with Crippen LogP contribution in [0.1, 0.15) is 30.9 Å². The van der Waals surface area contributed by atoms with Crippen molar-refractivity contribution in [3.63, 3.8) is 0 Å². The molecule has 2 heteroatoms. The van der Waals surface area contributed by atoms with E-state index in [0.29, 0.717) is 12.5 Å². The molecule has 0 amide bonds. The van der Waals surface area contributed by atoms with Gasteiger partial charge in [0.05, 0.1) is 0 Å². The third-order valence-electron chi connectivity index (χ3n) is 1.92. The van der Waals surface area contributed by atoms with Gasteiger partial charge in [0.15, 0.2) is 0 Å². The standard InChI is InChI=1S/C11H13O2/c1-9(2)11-5-3-4-10(6-11)7-13-8-12/h3-6,9H,7H2,1-2H3. The number of carbonyl (C=O) groups excluding carboxylic acids is 1. The van der Waals surface area contributed by atoms with E-state index in [1.54, 1.807) is 0 Å². The van der Waals surface area contributed by atoms with Crippen molar-refractivity contribution < 1.29 is 9.53 Å². The zero-order valence-corrected chi connectivity index (χ0v) is 7.91. The minimum atomic E-state index is 0.310. The van der Waals surface area contributed by atoms with Crippen molar-refractivity contribution >= 4 is 6.47 Å². The molecule has 0 N–H and O–H groups in total. The lowest BCUT2D eigenvalue weighted by molar-refractivity contribution is 0.267. The van der Waals surface area contributed by atoms with Crippen LogP contribution in [0.5, 0.6) is 0 Å². The molecule has 0 atom stereocenters. The first-order valence-electron chi connectivity index (χ1n) is 4.32. The van der Waals surface area contributed by atoms with Gasteiger partial charge in [-0.3, -0.25) is 0 Å². The Balaban J connectivity index is 2.73. The smallest absolute Gasteiger partial charge is 0.417 e. The van der Waals surface area contributed by atoms with E-state index in [9.17, 15) is 4.79 Å². The second kappa shape index (κ2) is 4.65. The molecule has 0 aromatic heterocycles. The van der Waals surface area contributed by atoms with Crippen molar-refractivity contribution in [2.24, 2.45) is 0 Å². The van der Waals surface area contributed by atoms with E-state index in [-0.39, 0.29) is 0 Å². The molecule has 0 spiro atoms. The van der Waals surface area contributed by atoms with Crippen molar-refractivity contribution in [3.8, 4) is 0 Å². The molecule has 0 aliphatic heterocycles. The van der Waals surface area contributed by atoms with Crippen LogP contribution < -0.4 is 0 Å². The summed E-state index contributed by atoms with van der Waals surface area (Å²) in [5, 5.41) is 0. The Bertz CT molecular complexity index is 279. The maximum absolute atomic E-state index is 9.85. The van der Waals surface area contributed by atoms with E-state index < -0.39 is 0 Å². The van der Waals surface area contributed by atoms with Crippen LogP contribution in [-0.2, 0) is 16.1 Å². The summed E-state index contributed by atoms with van der Waals surface area (Å²) in [7, 11) is 0. The molecule has 2 nitrogen and oxygen atoms in total. The molecular formula is C11H13O2. The first-order valence-corrected chi connectivity index (χ1v) is 4.32. The number of hydrogen-bond donors (Lipinski definition) is 0. The fourth-order valence-electron chi connectivity index (χ4n) is 1.15. The second-order valence-electron chi connectivity index (χ2n) is 3.27. The zero-order chi connectivity index (χ0) is 9.68. The van der Waals surface area contributed by atoms with E-state index in [2.05, 4.69) is 24.7 Å². The Labute approximate surface area is 78.5 Å². The van der Waals surface area contributed by atoms with Gasteiger partial charge < -0.3 is 4.74 Å². The molecule has 0 aliphatic rings. The van der Waals surface area contributed by atoms with Gasteiger partial charge >= 0.3 is 6.47 Å². The molecule has 1 aromatic carbocycles. The van der Waals surface area contributed by atoms with Gasteiger partial charge in [0.2, 0.25) is 0 Å². The van der Waals surface area contributed by atoms with Gasteiger partial charge in [-0.1, -0.05) is 38.1 Å². The average Bonchev–Trinajstić information content (AvgIpc) is 2.15. The Morgan fingerprint density at radius 3 is 2.85 bits per heavy atom. The molecule has 1 radical (unpaired) electrons. The first-order chi connectivity index (χ1) is 6.24. The van der Waals surface area contributed by atoms with Gasteiger partial charge in [0.25, 0.3) is 0 Å². The molecule has 0 unspecified atom stereocenters. The summed E-state index contributed by atoms with van der Waals surface area (Å²) in [6.45, 7) is 5.99. The van der Waals surface area contributed by atoms with Crippen LogP contribution in [0.4, 0.5) is 0 Å². The Kier molecular flexibility index (Phi) is 3.50. The molecule has 0 heterocycles. The third kappa shape index (κ3) is 2.90. The van der Waals surface area contributed by atoms with Crippen LogP contribution in [0.2, 0.25) is 0 Å². The largest absolute Gasteiger partial charge is 0.452 e.